The molecule has 0 saturated carbocycles. The smallest absolute Gasteiger partial charge is 0.306 e. The number of benzene rings is 1. The third-order valence-electron chi connectivity index (χ3n) is 2.36. The Balaban J connectivity index is 2.46. The van der Waals surface area contributed by atoms with Crippen LogP contribution in [0.25, 0.3) is 0 Å². The van der Waals surface area contributed by atoms with Crippen LogP contribution in [0.3, 0.4) is 0 Å². The SMILES string of the molecule is CSc1ccccc1NC(=O)CCC(=O)OC(C)(C)C. The summed E-state index contributed by atoms with van der Waals surface area (Å²) >= 11 is 1.56. The van der Waals surface area contributed by atoms with Crippen molar-refractivity contribution in [1.29, 1.82) is 0 Å². The largest absolute Gasteiger partial charge is 0.460 e. The van der Waals surface area contributed by atoms with Gasteiger partial charge in [-0.3, -0.25) is 9.59 Å². The minimum atomic E-state index is -0.515. The highest BCUT2D eigenvalue weighted by atomic mass is 32.2. The van der Waals surface area contributed by atoms with Crippen LogP contribution in [0.4, 0.5) is 5.69 Å². The number of ether oxygens (including phenoxy) is 1. The summed E-state index contributed by atoms with van der Waals surface area (Å²) < 4.78 is 5.16. The predicted molar refractivity (Wildman–Crippen MR) is 81.9 cm³/mol. The molecule has 0 unspecified atom stereocenters. The van der Waals surface area contributed by atoms with Crippen LogP contribution in [-0.4, -0.2) is 23.7 Å². The summed E-state index contributed by atoms with van der Waals surface area (Å²) in [4.78, 5) is 24.4. The molecule has 5 heteroatoms. The molecule has 0 aromatic heterocycles. The van der Waals surface area contributed by atoms with Crippen LogP contribution in [0.1, 0.15) is 33.6 Å². The molecule has 0 radical (unpaired) electrons. The van der Waals surface area contributed by atoms with E-state index in [1.165, 1.54) is 0 Å². The van der Waals surface area contributed by atoms with Crippen molar-refractivity contribution in [2.24, 2.45) is 0 Å². The van der Waals surface area contributed by atoms with Gasteiger partial charge < -0.3 is 10.1 Å². The first-order valence-corrected chi connectivity index (χ1v) is 7.69. The number of hydrogen-bond donors (Lipinski definition) is 1. The van der Waals surface area contributed by atoms with Gasteiger partial charge in [0.1, 0.15) is 5.60 Å². The molecule has 20 heavy (non-hydrogen) atoms. The number of para-hydroxylation sites is 1. The lowest BCUT2D eigenvalue weighted by molar-refractivity contribution is -0.155. The van der Waals surface area contributed by atoms with Gasteiger partial charge in [0.15, 0.2) is 0 Å². The van der Waals surface area contributed by atoms with Crippen LogP contribution in [0.2, 0.25) is 0 Å². The Morgan fingerprint density at radius 2 is 1.85 bits per heavy atom. The van der Waals surface area contributed by atoms with Gasteiger partial charge in [-0.25, -0.2) is 0 Å². The highest BCUT2D eigenvalue weighted by Crippen LogP contribution is 2.24. The molecule has 0 bridgehead atoms. The first-order valence-electron chi connectivity index (χ1n) is 6.46. The molecule has 1 rings (SSSR count). The summed E-state index contributed by atoms with van der Waals surface area (Å²) in [5.74, 6) is -0.539. The molecule has 0 saturated heterocycles. The van der Waals surface area contributed by atoms with E-state index in [1.807, 2.05) is 30.5 Å². The van der Waals surface area contributed by atoms with Gasteiger partial charge in [-0.2, -0.15) is 0 Å². The van der Waals surface area contributed by atoms with Crippen LogP contribution in [0.15, 0.2) is 29.2 Å². The number of carbonyl (C=O) groups excluding carboxylic acids is 2. The van der Waals surface area contributed by atoms with Gasteiger partial charge in [-0.15, -0.1) is 11.8 Å². The zero-order chi connectivity index (χ0) is 15.2. The van der Waals surface area contributed by atoms with Gasteiger partial charge >= 0.3 is 5.97 Å². The van der Waals surface area contributed by atoms with Crippen molar-refractivity contribution in [2.45, 2.75) is 44.1 Å². The Bertz CT molecular complexity index is 480. The van der Waals surface area contributed by atoms with E-state index in [1.54, 1.807) is 32.5 Å². The summed E-state index contributed by atoms with van der Waals surface area (Å²) in [5.41, 5.74) is 0.258. The number of anilines is 1. The first kappa shape index (κ1) is 16.6. The number of rotatable bonds is 5. The average Bonchev–Trinajstić information content (AvgIpc) is 2.35. The van der Waals surface area contributed by atoms with E-state index in [0.717, 1.165) is 10.6 Å². The Hall–Kier alpha value is -1.49. The maximum Gasteiger partial charge on any atom is 0.306 e. The molecule has 0 spiro atoms. The van der Waals surface area contributed by atoms with Gasteiger partial charge in [0, 0.05) is 11.3 Å². The molecule has 0 atom stereocenters. The molecule has 0 fully saturated rings. The molecule has 4 nitrogen and oxygen atoms in total. The van der Waals surface area contributed by atoms with E-state index in [4.69, 9.17) is 4.74 Å². The van der Waals surface area contributed by atoms with Crippen molar-refractivity contribution in [3.8, 4) is 0 Å². The Labute approximate surface area is 124 Å². The fourth-order valence-electron chi connectivity index (χ4n) is 1.57. The topological polar surface area (TPSA) is 55.4 Å². The molecule has 0 aliphatic heterocycles. The van der Waals surface area contributed by atoms with Crippen LogP contribution in [0, 0.1) is 0 Å². The van der Waals surface area contributed by atoms with Gasteiger partial charge in [0.05, 0.1) is 12.1 Å². The highest BCUT2D eigenvalue weighted by Gasteiger charge is 2.17. The fraction of sp³-hybridized carbons (Fsp3) is 0.467. The molecule has 0 aliphatic rings. The number of esters is 1. The average molecular weight is 295 g/mol. The maximum atomic E-state index is 11.8. The third kappa shape index (κ3) is 6.10. The van der Waals surface area contributed by atoms with Gasteiger partial charge in [-0.05, 0) is 39.2 Å². The Kier molecular flexibility index (Phi) is 6.07. The van der Waals surface area contributed by atoms with E-state index < -0.39 is 5.60 Å². The van der Waals surface area contributed by atoms with Crippen molar-refractivity contribution in [3.63, 3.8) is 0 Å². The van der Waals surface area contributed by atoms with Crippen LogP contribution >= 0.6 is 11.8 Å². The molecule has 0 heterocycles. The first-order chi connectivity index (χ1) is 9.31. The minimum Gasteiger partial charge on any atom is -0.460 e. The number of amides is 1. The normalized spacial score (nSPS) is 11.0. The van der Waals surface area contributed by atoms with Crippen molar-refractivity contribution >= 4 is 29.3 Å². The van der Waals surface area contributed by atoms with Crippen molar-refractivity contribution in [1.82, 2.24) is 0 Å². The van der Waals surface area contributed by atoms with Gasteiger partial charge in [0.2, 0.25) is 5.91 Å². The van der Waals surface area contributed by atoms with Crippen molar-refractivity contribution in [3.05, 3.63) is 24.3 Å². The zero-order valence-corrected chi connectivity index (χ0v) is 13.2. The summed E-state index contributed by atoms with van der Waals surface area (Å²) in [6.45, 7) is 5.42. The lowest BCUT2D eigenvalue weighted by Gasteiger charge is -2.19. The Morgan fingerprint density at radius 3 is 2.45 bits per heavy atom. The summed E-state index contributed by atoms with van der Waals surface area (Å²) in [6.07, 6.45) is 2.16. The predicted octanol–water partition coefficient (Wildman–Crippen LogP) is 3.47. The monoisotopic (exact) mass is 295 g/mol. The number of thioether (sulfide) groups is 1. The summed E-state index contributed by atoms with van der Waals surface area (Å²) in [6, 6.07) is 7.57. The number of hydrogen-bond acceptors (Lipinski definition) is 4. The number of carbonyl (C=O) groups is 2. The lowest BCUT2D eigenvalue weighted by atomic mass is 10.2. The lowest BCUT2D eigenvalue weighted by Crippen LogP contribution is -2.24. The van der Waals surface area contributed by atoms with Crippen molar-refractivity contribution in [2.75, 3.05) is 11.6 Å². The van der Waals surface area contributed by atoms with Crippen LogP contribution < -0.4 is 5.32 Å². The maximum absolute atomic E-state index is 11.8. The molecular formula is C15H21NO3S. The minimum absolute atomic E-state index is 0.0878. The summed E-state index contributed by atoms with van der Waals surface area (Å²) in [7, 11) is 0. The van der Waals surface area contributed by atoms with Crippen LogP contribution in [-0.2, 0) is 14.3 Å². The third-order valence-corrected chi connectivity index (χ3v) is 3.15. The zero-order valence-electron chi connectivity index (χ0n) is 12.4. The van der Waals surface area contributed by atoms with E-state index in [9.17, 15) is 9.59 Å². The van der Waals surface area contributed by atoms with Gasteiger partial charge in [0.25, 0.3) is 0 Å². The van der Waals surface area contributed by atoms with E-state index in [-0.39, 0.29) is 24.7 Å². The Morgan fingerprint density at radius 1 is 1.20 bits per heavy atom. The fourth-order valence-corrected chi connectivity index (χ4v) is 2.12. The van der Waals surface area contributed by atoms with Gasteiger partial charge in [-0.1, -0.05) is 12.1 Å². The van der Waals surface area contributed by atoms with Crippen molar-refractivity contribution < 1.29 is 14.3 Å². The second kappa shape index (κ2) is 7.33. The summed E-state index contributed by atoms with van der Waals surface area (Å²) in [5, 5.41) is 2.81. The molecule has 1 N–H and O–H groups in total. The molecule has 0 aliphatic carbocycles. The molecular weight excluding hydrogens is 274 g/mol. The second-order valence-corrected chi connectivity index (χ2v) is 6.18. The van der Waals surface area contributed by atoms with Crippen LogP contribution in [0.5, 0.6) is 0 Å². The highest BCUT2D eigenvalue weighted by molar-refractivity contribution is 7.98. The van der Waals surface area contributed by atoms with E-state index in [0.29, 0.717) is 0 Å². The standard InChI is InChI=1S/C15H21NO3S/c1-15(2,3)19-14(18)10-9-13(17)16-11-7-5-6-8-12(11)20-4/h5-8H,9-10H2,1-4H3,(H,16,17). The quantitative estimate of drug-likeness (QED) is 0.667. The van der Waals surface area contributed by atoms with E-state index >= 15 is 0 Å². The second-order valence-electron chi connectivity index (χ2n) is 5.33. The molecule has 1 amide bonds. The van der Waals surface area contributed by atoms with E-state index in [2.05, 4.69) is 5.32 Å². The molecule has 1 aromatic carbocycles. The molecule has 110 valence electrons. The number of nitrogens with one attached hydrogen (secondary N) is 1. The molecule has 1 aromatic rings.